The Labute approximate surface area is 129 Å². The van der Waals surface area contributed by atoms with Gasteiger partial charge in [-0.2, -0.15) is 0 Å². The van der Waals surface area contributed by atoms with Crippen LogP contribution < -0.4 is 10.0 Å². The average Bonchev–Trinajstić information content (AvgIpc) is 2.83. The summed E-state index contributed by atoms with van der Waals surface area (Å²) in [7, 11) is -1.62. The third kappa shape index (κ3) is 4.56. The highest BCUT2D eigenvalue weighted by Gasteiger charge is 2.28. The molecule has 5 nitrogen and oxygen atoms in total. The van der Waals surface area contributed by atoms with E-state index in [1.165, 1.54) is 0 Å². The van der Waals surface area contributed by atoms with Gasteiger partial charge in [0.1, 0.15) is 0 Å². The summed E-state index contributed by atoms with van der Waals surface area (Å²) in [6.45, 7) is 9.52. The molecule has 6 heteroatoms. The SMILES string of the molecule is CCCn1cc(S(=O)(=O)NC(C)(CC)CC)cc1CNC. The van der Waals surface area contributed by atoms with Gasteiger partial charge in [-0.1, -0.05) is 20.8 Å². The monoisotopic (exact) mass is 315 g/mol. The van der Waals surface area contributed by atoms with Crippen LogP contribution in [0.2, 0.25) is 0 Å². The topological polar surface area (TPSA) is 63.1 Å². The van der Waals surface area contributed by atoms with Crippen molar-refractivity contribution in [2.75, 3.05) is 7.05 Å². The Morgan fingerprint density at radius 2 is 1.86 bits per heavy atom. The second kappa shape index (κ2) is 7.42. The van der Waals surface area contributed by atoms with Crippen molar-refractivity contribution in [3.8, 4) is 0 Å². The number of nitrogens with one attached hydrogen (secondary N) is 2. The van der Waals surface area contributed by atoms with Gasteiger partial charge in [-0.15, -0.1) is 0 Å². The molecule has 0 saturated heterocycles. The Morgan fingerprint density at radius 1 is 1.24 bits per heavy atom. The van der Waals surface area contributed by atoms with Gasteiger partial charge in [0, 0.05) is 30.5 Å². The second-order valence-electron chi connectivity index (χ2n) is 5.76. The maximum atomic E-state index is 12.6. The molecule has 1 aromatic heterocycles. The van der Waals surface area contributed by atoms with Gasteiger partial charge in [-0.25, -0.2) is 13.1 Å². The lowest BCUT2D eigenvalue weighted by molar-refractivity contribution is 0.388. The van der Waals surface area contributed by atoms with E-state index < -0.39 is 15.6 Å². The summed E-state index contributed by atoms with van der Waals surface area (Å²) in [5.74, 6) is 0. The number of aromatic nitrogens is 1. The van der Waals surface area contributed by atoms with Gasteiger partial charge in [-0.05, 0) is 39.3 Å². The molecule has 2 N–H and O–H groups in total. The highest BCUT2D eigenvalue weighted by atomic mass is 32.2. The first-order valence-corrected chi connectivity index (χ1v) is 9.17. The fourth-order valence-electron chi connectivity index (χ4n) is 2.23. The standard InChI is InChI=1S/C15H29N3O2S/c1-6-9-18-12-14(10-13(18)11-16-5)21(19,20)17-15(4,7-2)8-3/h10,12,16-17H,6-9,11H2,1-5H3. The van der Waals surface area contributed by atoms with Gasteiger partial charge in [0.15, 0.2) is 0 Å². The van der Waals surface area contributed by atoms with Crippen molar-refractivity contribution in [3.05, 3.63) is 18.0 Å². The van der Waals surface area contributed by atoms with Crippen molar-refractivity contribution >= 4 is 10.0 Å². The third-order valence-electron chi connectivity index (χ3n) is 4.03. The Hall–Kier alpha value is -0.850. The van der Waals surface area contributed by atoms with Gasteiger partial charge >= 0.3 is 0 Å². The van der Waals surface area contributed by atoms with Gasteiger partial charge in [-0.3, -0.25) is 0 Å². The number of sulfonamides is 1. The molecule has 0 atom stereocenters. The summed E-state index contributed by atoms with van der Waals surface area (Å²) >= 11 is 0. The maximum absolute atomic E-state index is 12.6. The first-order chi connectivity index (χ1) is 9.81. The molecule has 21 heavy (non-hydrogen) atoms. The Bertz CT molecular complexity index is 522. The predicted octanol–water partition coefficient (Wildman–Crippen LogP) is 2.47. The van der Waals surface area contributed by atoms with Gasteiger partial charge < -0.3 is 9.88 Å². The van der Waals surface area contributed by atoms with E-state index in [0.717, 1.165) is 31.5 Å². The van der Waals surface area contributed by atoms with Crippen LogP contribution >= 0.6 is 0 Å². The van der Waals surface area contributed by atoms with E-state index in [-0.39, 0.29) is 0 Å². The zero-order chi connectivity index (χ0) is 16.1. The second-order valence-corrected chi connectivity index (χ2v) is 7.45. The molecule has 122 valence electrons. The van der Waals surface area contributed by atoms with E-state index in [1.54, 1.807) is 12.3 Å². The molecule has 1 aromatic rings. The van der Waals surface area contributed by atoms with Crippen molar-refractivity contribution in [2.45, 2.75) is 70.5 Å². The molecule has 0 unspecified atom stereocenters. The Balaban J connectivity index is 3.11. The van der Waals surface area contributed by atoms with Crippen LogP contribution in [0.3, 0.4) is 0 Å². The van der Waals surface area contributed by atoms with E-state index in [0.29, 0.717) is 11.4 Å². The van der Waals surface area contributed by atoms with Crippen molar-refractivity contribution < 1.29 is 8.42 Å². The van der Waals surface area contributed by atoms with E-state index in [1.807, 2.05) is 32.4 Å². The molecule has 0 aliphatic heterocycles. The quantitative estimate of drug-likeness (QED) is 0.736. The number of rotatable bonds is 9. The summed E-state index contributed by atoms with van der Waals surface area (Å²) < 4.78 is 30.1. The number of hydrogen-bond donors (Lipinski definition) is 2. The molecule has 0 aliphatic rings. The summed E-state index contributed by atoms with van der Waals surface area (Å²) in [6.07, 6.45) is 4.24. The molecule has 0 amide bonds. The van der Waals surface area contributed by atoms with E-state index in [4.69, 9.17) is 0 Å². The van der Waals surface area contributed by atoms with Crippen LogP contribution in [0.1, 0.15) is 52.7 Å². The van der Waals surface area contributed by atoms with Crippen molar-refractivity contribution in [1.29, 1.82) is 0 Å². The lowest BCUT2D eigenvalue weighted by atomic mass is 9.98. The number of nitrogens with zero attached hydrogens (tertiary/aromatic N) is 1. The molecule has 1 heterocycles. The van der Waals surface area contributed by atoms with Crippen LogP contribution in [-0.2, 0) is 23.1 Å². The molecule has 0 aromatic carbocycles. The van der Waals surface area contributed by atoms with Gasteiger partial charge in [0.2, 0.25) is 10.0 Å². The van der Waals surface area contributed by atoms with Crippen LogP contribution in [0.15, 0.2) is 17.2 Å². The first-order valence-electron chi connectivity index (χ1n) is 7.69. The van der Waals surface area contributed by atoms with Gasteiger partial charge in [0.25, 0.3) is 0 Å². The average molecular weight is 315 g/mol. The third-order valence-corrected chi connectivity index (χ3v) is 5.64. The fraction of sp³-hybridized carbons (Fsp3) is 0.733. The molecule has 0 radical (unpaired) electrons. The summed E-state index contributed by atoms with van der Waals surface area (Å²) in [5.41, 5.74) is 0.601. The van der Waals surface area contributed by atoms with E-state index in [9.17, 15) is 8.42 Å². The highest BCUT2D eigenvalue weighted by molar-refractivity contribution is 7.89. The Kier molecular flexibility index (Phi) is 6.43. The summed E-state index contributed by atoms with van der Waals surface area (Å²) in [4.78, 5) is 0.356. The molecule has 0 spiro atoms. The van der Waals surface area contributed by atoms with Crippen molar-refractivity contribution in [3.63, 3.8) is 0 Å². The largest absolute Gasteiger partial charge is 0.349 e. The summed E-state index contributed by atoms with van der Waals surface area (Å²) in [5, 5.41) is 3.08. The van der Waals surface area contributed by atoms with Gasteiger partial charge in [0.05, 0.1) is 4.90 Å². The molecule has 0 aliphatic carbocycles. The van der Waals surface area contributed by atoms with Crippen LogP contribution in [-0.4, -0.2) is 25.6 Å². The molecular formula is C15H29N3O2S. The van der Waals surface area contributed by atoms with Crippen LogP contribution in [0.4, 0.5) is 0 Å². The van der Waals surface area contributed by atoms with Crippen molar-refractivity contribution in [2.24, 2.45) is 0 Å². The normalized spacial score (nSPS) is 12.8. The van der Waals surface area contributed by atoms with E-state index in [2.05, 4.69) is 17.0 Å². The number of aryl methyl sites for hydroxylation is 1. The van der Waals surface area contributed by atoms with Crippen LogP contribution in [0.5, 0.6) is 0 Å². The molecular weight excluding hydrogens is 286 g/mol. The smallest absolute Gasteiger partial charge is 0.242 e. The fourth-order valence-corrected chi connectivity index (χ4v) is 3.84. The first kappa shape index (κ1) is 18.2. The minimum atomic E-state index is -3.48. The van der Waals surface area contributed by atoms with Crippen LogP contribution in [0, 0.1) is 0 Å². The minimum absolute atomic E-state index is 0.356. The summed E-state index contributed by atoms with van der Waals surface area (Å²) in [6, 6.07) is 1.76. The molecule has 0 bridgehead atoms. The lowest BCUT2D eigenvalue weighted by Crippen LogP contribution is -2.44. The number of hydrogen-bond acceptors (Lipinski definition) is 3. The zero-order valence-electron chi connectivity index (χ0n) is 13.9. The molecule has 0 fully saturated rings. The molecule has 0 saturated carbocycles. The minimum Gasteiger partial charge on any atom is -0.349 e. The highest BCUT2D eigenvalue weighted by Crippen LogP contribution is 2.21. The Morgan fingerprint density at radius 3 is 2.33 bits per heavy atom. The van der Waals surface area contributed by atoms with E-state index >= 15 is 0 Å². The van der Waals surface area contributed by atoms with Crippen LogP contribution in [0.25, 0.3) is 0 Å². The zero-order valence-corrected chi connectivity index (χ0v) is 14.7. The van der Waals surface area contributed by atoms with Crippen molar-refractivity contribution in [1.82, 2.24) is 14.6 Å². The maximum Gasteiger partial charge on any atom is 0.242 e. The lowest BCUT2D eigenvalue weighted by Gasteiger charge is -2.27. The molecule has 1 rings (SSSR count). The predicted molar refractivity (Wildman–Crippen MR) is 86.8 cm³/mol.